The van der Waals surface area contributed by atoms with E-state index < -0.39 is 4.92 Å². The molecule has 104 valence electrons. The molecule has 19 heavy (non-hydrogen) atoms. The maximum atomic E-state index is 11.6. The van der Waals surface area contributed by atoms with Gasteiger partial charge in [0.2, 0.25) is 0 Å². The van der Waals surface area contributed by atoms with Crippen molar-refractivity contribution in [1.29, 1.82) is 0 Å². The standard InChI is InChI=1S/C12H16N2O5/c1-3-13(2)12(16)8-19-11-6-9(7-15)4-5-10(11)14(17)18/h4-6,15H,3,7-8H2,1-2H3. The smallest absolute Gasteiger partial charge is 0.310 e. The van der Waals surface area contributed by atoms with E-state index in [4.69, 9.17) is 9.84 Å². The molecule has 0 saturated carbocycles. The summed E-state index contributed by atoms with van der Waals surface area (Å²) in [5, 5.41) is 19.8. The van der Waals surface area contributed by atoms with Crippen LogP contribution in [0.3, 0.4) is 0 Å². The van der Waals surface area contributed by atoms with Crippen LogP contribution in [-0.2, 0) is 11.4 Å². The molecule has 0 aliphatic carbocycles. The molecule has 1 amide bonds. The van der Waals surface area contributed by atoms with Crippen molar-refractivity contribution >= 4 is 11.6 Å². The zero-order valence-corrected chi connectivity index (χ0v) is 10.8. The minimum Gasteiger partial charge on any atom is -0.477 e. The van der Waals surface area contributed by atoms with Gasteiger partial charge < -0.3 is 14.7 Å². The molecule has 0 atom stereocenters. The highest BCUT2D eigenvalue weighted by Crippen LogP contribution is 2.28. The molecule has 1 rings (SSSR count). The molecule has 0 aromatic heterocycles. The summed E-state index contributed by atoms with van der Waals surface area (Å²) in [6, 6.07) is 4.04. The average molecular weight is 268 g/mol. The Hall–Kier alpha value is -2.15. The van der Waals surface area contributed by atoms with E-state index >= 15 is 0 Å². The normalized spacial score (nSPS) is 10.1. The number of hydrogen-bond acceptors (Lipinski definition) is 5. The Bertz CT molecular complexity index is 475. The third-order valence-electron chi connectivity index (χ3n) is 2.65. The number of carbonyl (C=O) groups excluding carboxylic acids is 1. The van der Waals surface area contributed by atoms with E-state index in [0.717, 1.165) is 0 Å². The van der Waals surface area contributed by atoms with Crippen LogP contribution in [0.2, 0.25) is 0 Å². The Morgan fingerprint density at radius 1 is 1.53 bits per heavy atom. The van der Waals surface area contributed by atoms with Gasteiger partial charge in [0.15, 0.2) is 12.4 Å². The van der Waals surface area contributed by atoms with Gasteiger partial charge in [-0.2, -0.15) is 0 Å². The van der Waals surface area contributed by atoms with Gasteiger partial charge in [-0.1, -0.05) is 0 Å². The van der Waals surface area contributed by atoms with E-state index in [-0.39, 0.29) is 30.6 Å². The van der Waals surface area contributed by atoms with Crippen molar-refractivity contribution in [2.45, 2.75) is 13.5 Å². The number of benzene rings is 1. The van der Waals surface area contributed by atoms with Crippen molar-refractivity contribution in [3.63, 3.8) is 0 Å². The van der Waals surface area contributed by atoms with Crippen molar-refractivity contribution in [2.24, 2.45) is 0 Å². The van der Waals surface area contributed by atoms with Crippen molar-refractivity contribution in [2.75, 3.05) is 20.2 Å². The predicted molar refractivity (Wildman–Crippen MR) is 67.8 cm³/mol. The minimum absolute atomic E-state index is 0.0191. The summed E-state index contributed by atoms with van der Waals surface area (Å²) in [5.41, 5.74) is 0.251. The van der Waals surface area contributed by atoms with Crippen LogP contribution in [0.15, 0.2) is 18.2 Å². The second-order valence-corrected chi connectivity index (χ2v) is 3.91. The van der Waals surface area contributed by atoms with E-state index in [9.17, 15) is 14.9 Å². The number of nitro benzene ring substituents is 1. The predicted octanol–water partition coefficient (Wildman–Crippen LogP) is 0.944. The summed E-state index contributed by atoms with van der Waals surface area (Å²) in [6.45, 7) is 1.81. The SMILES string of the molecule is CCN(C)C(=O)COc1cc(CO)ccc1[N+](=O)[O-]. The van der Waals surface area contributed by atoms with Crippen LogP contribution in [-0.4, -0.2) is 41.0 Å². The number of likely N-dealkylation sites (N-methyl/N-ethyl adjacent to an activating group) is 1. The highest BCUT2D eigenvalue weighted by Gasteiger charge is 2.17. The number of aliphatic hydroxyl groups excluding tert-OH is 1. The molecule has 0 saturated heterocycles. The highest BCUT2D eigenvalue weighted by molar-refractivity contribution is 5.77. The van der Waals surface area contributed by atoms with Crippen LogP contribution >= 0.6 is 0 Å². The first-order valence-electron chi connectivity index (χ1n) is 5.74. The van der Waals surface area contributed by atoms with E-state index in [1.54, 1.807) is 7.05 Å². The summed E-state index contributed by atoms with van der Waals surface area (Å²) in [4.78, 5) is 23.2. The molecular weight excluding hydrogens is 252 g/mol. The van der Waals surface area contributed by atoms with Gasteiger partial charge in [-0.05, 0) is 24.6 Å². The quantitative estimate of drug-likeness (QED) is 0.612. The molecule has 1 aromatic rings. The van der Waals surface area contributed by atoms with E-state index in [1.165, 1.54) is 23.1 Å². The maximum absolute atomic E-state index is 11.6. The lowest BCUT2D eigenvalue weighted by molar-refractivity contribution is -0.385. The van der Waals surface area contributed by atoms with Gasteiger partial charge in [0, 0.05) is 19.7 Å². The molecule has 0 aliphatic rings. The number of nitro groups is 1. The Labute approximate surface area is 110 Å². The lowest BCUT2D eigenvalue weighted by Crippen LogP contribution is -2.31. The minimum atomic E-state index is -0.593. The lowest BCUT2D eigenvalue weighted by Gasteiger charge is -2.15. The molecule has 1 aromatic carbocycles. The molecular formula is C12H16N2O5. The summed E-state index contributed by atoms with van der Waals surface area (Å²) >= 11 is 0. The summed E-state index contributed by atoms with van der Waals surface area (Å²) in [5.74, 6) is -0.291. The second-order valence-electron chi connectivity index (χ2n) is 3.91. The summed E-state index contributed by atoms with van der Waals surface area (Å²) in [7, 11) is 1.62. The topological polar surface area (TPSA) is 92.9 Å². The van der Waals surface area contributed by atoms with Gasteiger partial charge in [-0.3, -0.25) is 14.9 Å². The van der Waals surface area contributed by atoms with E-state index in [0.29, 0.717) is 12.1 Å². The monoisotopic (exact) mass is 268 g/mol. The zero-order chi connectivity index (χ0) is 14.4. The zero-order valence-electron chi connectivity index (χ0n) is 10.8. The fourth-order valence-corrected chi connectivity index (χ4v) is 1.35. The van der Waals surface area contributed by atoms with Gasteiger partial charge in [-0.15, -0.1) is 0 Å². The van der Waals surface area contributed by atoms with Crippen molar-refractivity contribution in [1.82, 2.24) is 4.90 Å². The molecule has 0 heterocycles. The van der Waals surface area contributed by atoms with Crippen molar-refractivity contribution in [3.8, 4) is 5.75 Å². The number of rotatable bonds is 6. The average Bonchev–Trinajstić information content (AvgIpc) is 2.43. The molecule has 0 radical (unpaired) electrons. The Balaban J connectivity index is 2.86. The molecule has 0 unspecified atom stereocenters. The third kappa shape index (κ3) is 3.92. The van der Waals surface area contributed by atoms with E-state index in [1.807, 2.05) is 6.92 Å². The Morgan fingerprint density at radius 2 is 2.21 bits per heavy atom. The first-order chi connectivity index (χ1) is 8.99. The van der Waals surface area contributed by atoms with Crippen molar-refractivity contribution < 1.29 is 19.6 Å². The molecule has 0 spiro atoms. The Kier molecular flexibility index (Phi) is 5.25. The van der Waals surface area contributed by atoms with Crippen LogP contribution in [0.4, 0.5) is 5.69 Å². The van der Waals surface area contributed by atoms with Crippen LogP contribution in [0, 0.1) is 10.1 Å². The fourth-order valence-electron chi connectivity index (χ4n) is 1.35. The first kappa shape index (κ1) is 14.9. The molecule has 0 fully saturated rings. The van der Waals surface area contributed by atoms with Crippen LogP contribution < -0.4 is 4.74 Å². The van der Waals surface area contributed by atoms with Gasteiger partial charge >= 0.3 is 5.69 Å². The molecule has 1 N–H and O–H groups in total. The highest BCUT2D eigenvalue weighted by atomic mass is 16.6. The van der Waals surface area contributed by atoms with Gasteiger partial charge in [-0.25, -0.2) is 0 Å². The van der Waals surface area contributed by atoms with Crippen LogP contribution in [0.5, 0.6) is 5.75 Å². The molecule has 0 aliphatic heterocycles. The number of amides is 1. The number of hydrogen-bond donors (Lipinski definition) is 1. The lowest BCUT2D eigenvalue weighted by atomic mass is 10.2. The summed E-state index contributed by atoms with van der Waals surface area (Å²) < 4.78 is 5.18. The molecule has 7 heteroatoms. The maximum Gasteiger partial charge on any atom is 0.310 e. The van der Waals surface area contributed by atoms with Gasteiger partial charge in [0.05, 0.1) is 11.5 Å². The van der Waals surface area contributed by atoms with Gasteiger partial charge in [0.1, 0.15) is 0 Å². The fraction of sp³-hybridized carbons (Fsp3) is 0.417. The first-order valence-corrected chi connectivity index (χ1v) is 5.74. The van der Waals surface area contributed by atoms with E-state index in [2.05, 4.69) is 0 Å². The molecule has 7 nitrogen and oxygen atoms in total. The number of ether oxygens (including phenoxy) is 1. The van der Waals surface area contributed by atoms with Crippen LogP contribution in [0.25, 0.3) is 0 Å². The largest absolute Gasteiger partial charge is 0.477 e. The van der Waals surface area contributed by atoms with Crippen LogP contribution in [0.1, 0.15) is 12.5 Å². The number of aliphatic hydroxyl groups is 1. The summed E-state index contributed by atoms with van der Waals surface area (Å²) in [6.07, 6.45) is 0. The Morgan fingerprint density at radius 3 is 2.74 bits per heavy atom. The number of carbonyl (C=O) groups is 1. The number of nitrogens with zero attached hydrogens (tertiary/aromatic N) is 2. The van der Waals surface area contributed by atoms with Crippen molar-refractivity contribution in [3.05, 3.63) is 33.9 Å². The second kappa shape index (κ2) is 6.69. The third-order valence-corrected chi connectivity index (χ3v) is 2.65. The molecule has 0 bridgehead atoms. The van der Waals surface area contributed by atoms with Gasteiger partial charge in [0.25, 0.3) is 5.91 Å².